The maximum absolute atomic E-state index is 11.7. The Labute approximate surface area is 134 Å². The summed E-state index contributed by atoms with van der Waals surface area (Å²) in [6.45, 7) is 2.83. The SMILES string of the molecule is CC(C)NC(=O)NC(=O)COC(=O)c1ccc(S(C)(=O)=O)cc1. The number of ether oxygens (including phenoxy) is 1. The molecule has 0 radical (unpaired) electrons. The fourth-order valence-electron chi connectivity index (χ4n) is 1.51. The van der Waals surface area contributed by atoms with Crippen molar-refractivity contribution in [3.63, 3.8) is 0 Å². The summed E-state index contributed by atoms with van der Waals surface area (Å²) < 4.78 is 27.3. The maximum atomic E-state index is 11.7. The summed E-state index contributed by atoms with van der Waals surface area (Å²) in [6, 6.07) is 4.27. The average molecular weight is 342 g/mol. The summed E-state index contributed by atoms with van der Waals surface area (Å²) >= 11 is 0. The van der Waals surface area contributed by atoms with E-state index in [1.165, 1.54) is 24.3 Å². The van der Waals surface area contributed by atoms with Crippen LogP contribution in [0.1, 0.15) is 24.2 Å². The Bertz CT molecular complexity index is 694. The van der Waals surface area contributed by atoms with Gasteiger partial charge in [-0.2, -0.15) is 0 Å². The molecule has 0 unspecified atom stereocenters. The number of imide groups is 1. The largest absolute Gasteiger partial charge is 0.452 e. The standard InChI is InChI=1S/C14H18N2O6S/c1-9(2)15-14(19)16-12(17)8-22-13(18)10-4-6-11(7-5-10)23(3,20)21/h4-7,9H,8H2,1-3H3,(H2,15,16,17,19). The lowest BCUT2D eigenvalue weighted by atomic mass is 10.2. The van der Waals surface area contributed by atoms with Gasteiger partial charge in [0, 0.05) is 12.3 Å². The van der Waals surface area contributed by atoms with Gasteiger partial charge in [-0.3, -0.25) is 10.1 Å². The zero-order valence-electron chi connectivity index (χ0n) is 13.0. The molecule has 0 heterocycles. The molecule has 9 heteroatoms. The van der Waals surface area contributed by atoms with Crippen molar-refractivity contribution in [3.8, 4) is 0 Å². The van der Waals surface area contributed by atoms with Gasteiger partial charge in [0.2, 0.25) is 0 Å². The highest BCUT2D eigenvalue weighted by molar-refractivity contribution is 7.90. The molecule has 126 valence electrons. The smallest absolute Gasteiger partial charge is 0.338 e. The molecule has 1 aromatic carbocycles. The first-order valence-corrected chi connectivity index (χ1v) is 8.56. The monoisotopic (exact) mass is 342 g/mol. The fourth-order valence-corrected chi connectivity index (χ4v) is 2.14. The van der Waals surface area contributed by atoms with Crippen LogP contribution in [0.25, 0.3) is 0 Å². The molecular weight excluding hydrogens is 324 g/mol. The van der Waals surface area contributed by atoms with Crippen molar-refractivity contribution < 1.29 is 27.5 Å². The Morgan fingerprint density at radius 2 is 1.70 bits per heavy atom. The summed E-state index contributed by atoms with van der Waals surface area (Å²) in [5.41, 5.74) is 0.0943. The highest BCUT2D eigenvalue weighted by Crippen LogP contribution is 2.11. The molecule has 0 aliphatic carbocycles. The lowest BCUT2D eigenvalue weighted by Gasteiger charge is -2.09. The van der Waals surface area contributed by atoms with Crippen LogP contribution in [-0.4, -0.2) is 45.2 Å². The Morgan fingerprint density at radius 3 is 2.17 bits per heavy atom. The predicted octanol–water partition coefficient (Wildman–Crippen LogP) is 0.481. The summed E-state index contributed by atoms with van der Waals surface area (Å²) in [6.07, 6.45) is 1.05. The Balaban J connectivity index is 2.54. The summed E-state index contributed by atoms with van der Waals surface area (Å²) in [5, 5.41) is 4.45. The van der Waals surface area contributed by atoms with Crippen LogP contribution in [0.4, 0.5) is 4.79 Å². The molecule has 2 N–H and O–H groups in total. The van der Waals surface area contributed by atoms with Gasteiger partial charge in [0.15, 0.2) is 16.4 Å². The molecule has 1 rings (SSSR count). The number of nitrogens with one attached hydrogen (secondary N) is 2. The first-order chi connectivity index (χ1) is 10.6. The van der Waals surface area contributed by atoms with E-state index in [-0.39, 0.29) is 16.5 Å². The Kier molecular flexibility index (Phi) is 6.26. The highest BCUT2D eigenvalue weighted by atomic mass is 32.2. The first-order valence-electron chi connectivity index (χ1n) is 6.67. The molecule has 0 bridgehead atoms. The molecule has 0 saturated heterocycles. The molecular formula is C14H18N2O6S. The van der Waals surface area contributed by atoms with Crippen molar-refractivity contribution in [2.45, 2.75) is 24.8 Å². The van der Waals surface area contributed by atoms with Crippen LogP contribution < -0.4 is 10.6 Å². The summed E-state index contributed by atoms with van der Waals surface area (Å²) in [7, 11) is -3.36. The quantitative estimate of drug-likeness (QED) is 0.751. The van der Waals surface area contributed by atoms with E-state index in [4.69, 9.17) is 4.74 Å². The molecule has 0 atom stereocenters. The second kappa shape index (κ2) is 7.73. The maximum Gasteiger partial charge on any atom is 0.338 e. The van der Waals surface area contributed by atoms with Crippen molar-refractivity contribution >= 4 is 27.7 Å². The van der Waals surface area contributed by atoms with E-state index >= 15 is 0 Å². The molecule has 3 amide bonds. The molecule has 0 spiro atoms. The minimum absolute atomic E-state index is 0.0668. The van der Waals surface area contributed by atoms with Gasteiger partial charge in [-0.25, -0.2) is 18.0 Å². The fraction of sp³-hybridized carbons (Fsp3) is 0.357. The van der Waals surface area contributed by atoms with E-state index < -0.39 is 34.4 Å². The molecule has 8 nitrogen and oxygen atoms in total. The number of sulfone groups is 1. The molecule has 0 aromatic heterocycles. The van der Waals surface area contributed by atoms with Gasteiger partial charge in [-0.05, 0) is 38.1 Å². The van der Waals surface area contributed by atoms with Crippen LogP contribution in [0.15, 0.2) is 29.2 Å². The number of carbonyl (C=O) groups is 3. The minimum Gasteiger partial charge on any atom is -0.452 e. The molecule has 23 heavy (non-hydrogen) atoms. The number of benzene rings is 1. The minimum atomic E-state index is -3.36. The van der Waals surface area contributed by atoms with Crippen LogP contribution >= 0.6 is 0 Å². The van der Waals surface area contributed by atoms with E-state index in [0.29, 0.717) is 0 Å². The number of esters is 1. The number of hydrogen-bond donors (Lipinski definition) is 2. The van der Waals surface area contributed by atoms with Gasteiger partial charge in [0.1, 0.15) is 0 Å². The molecule has 1 aromatic rings. The number of amides is 3. The second-order valence-electron chi connectivity index (χ2n) is 5.05. The van der Waals surface area contributed by atoms with Gasteiger partial charge in [0.25, 0.3) is 5.91 Å². The van der Waals surface area contributed by atoms with E-state index in [0.717, 1.165) is 6.26 Å². The normalized spacial score (nSPS) is 11.0. The van der Waals surface area contributed by atoms with Crippen LogP contribution in [0, 0.1) is 0 Å². The van der Waals surface area contributed by atoms with Crippen LogP contribution in [0.2, 0.25) is 0 Å². The zero-order valence-corrected chi connectivity index (χ0v) is 13.8. The van der Waals surface area contributed by atoms with Gasteiger partial charge in [-0.15, -0.1) is 0 Å². The van der Waals surface area contributed by atoms with Gasteiger partial charge in [-0.1, -0.05) is 0 Å². The summed E-state index contributed by atoms with van der Waals surface area (Å²) in [5.74, 6) is -1.58. The zero-order chi connectivity index (χ0) is 17.6. The van der Waals surface area contributed by atoms with Crippen molar-refractivity contribution in [3.05, 3.63) is 29.8 Å². The lowest BCUT2D eigenvalue weighted by Crippen LogP contribution is -2.44. The Morgan fingerprint density at radius 1 is 1.13 bits per heavy atom. The number of urea groups is 1. The second-order valence-corrected chi connectivity index (χ2v) is 7.06. The topological polar surface area (TPSA) is 119 Å². The highest BCUT2D eigenvalue weighted by Gasteiger charge is 2.14. The molecule has 0 aliphatic rings. The van der Waals surface area contributed by atoms with Crippen molar-refractivity contribution in [1.82, 2.24) is 10.6 Å². The van der Waals surface area contributed by atoms with Gasteiger partial charge in [0.05, 0.1) is 10.5 Å². The van der Waals surface area contributed by atoms with E-state index in [1.807, 2.05) is 5.32 Å². The van der Waals surface area contributed by atoms with E-state index in [2.05, 4.69) is 5.32 Å². The van der Waals surface area contributed by atoms with Gasteiger partial charge < -0.3 is 10.1 Å². The third-order valence-corrected chi connectivity index (χ3v) is 3.65. The van der Waals surface area contributed by atoms with E-state index in [1.54, 1.807) is 13.8 Å². The Hall–Kier alpha value is -2.42. The van der Waals surface area contributed by atoms with Gasteiger partial charge >= 0.3 is 12.0 Å². The lowest BCUT2D eigenvalue weighted by molar-refractivity contribution is -0.123. The van der Waals surface area contributed by atoms with Crippen molar-refractivity contribution in [2.75, 3.05) is 12.9 Å². The number of rotatable bonds is 5. The molecule has 0 saturated carbocycles. The number of carbonyl (C=O) groups excluding carboxylic acids is 3. The molecule has 0 aliphatic heterocycles. The summed E-state index contributed by atoms with van der Waals surface area (Å²) in [4.78, 5) is 34.5. The first kappa shape index (κ1) is 18.6. The van der Waals surface area contributed by atoms with E-state index in [9.17, 15) is 22.8 Å². The van der Waals surface area contributed by atoms with Crippen LogP contribution in [0.3, 0.4) is 0 Å². The third kappa shape index (κ3) is 6.47. The number of hydrogen-bond acceptors (Lipinski definition) is 6. The third-order valence-electron chi connectivity index (χ3n) is 2.53. The predicted molar refractivity (Wildman–Crippen MR) is 81.6 cm³/mol. The van der Waals surface area contributed by atoms with Crippen molar-refractivity contribution in [1.29, 1.82) is 0 Å². The van der Waals surface area contributed by atoms with Crippen LogP contribution in [0.5, 0.6) is 0 Å². The average Bonchev–Trinajstić information content (AvgIpc) is 2.43. The molecule has 0 fully saturated rings. The van der Waals surface area contributed by atoms with Crippen molar-refractivity contribution in [2.24, 2.45) is 0 Å². The van der Waals surface area contributed by atoms with Crippen LogP contribution in [-0.2, 0) is 19.4 Å².